The fraction of sp³-hybridized carbons (Fsp3) is 0.923. The summed E-state index contributed by atoms with van der Waals surface area (Å²) in [6, 6.07) is 0.0579. The van der Waals surface area contributed by atoms with Gasteiger partial charge in [0.05, 0.1) is 6.61 Å². The van der Waals surface area contributed by atoms with Crippen LogP contribution >= 0.6 is 11.8 Å². The van der Waals surface area contributed by atoms with E-state index in [1.165, 1.54) is 25.7 Å². The average molecular weight is 257 g/mol. The van der Waals surface area contributed by atoms with Crippen LogP contribution in [-0.4, -0.2) is 35.2 Å². The number of carbonyl (C=O) groups is 1. The third kappa shape index (κ3) is 3.38. The Morgan fingerprint density at radius 2 is 1.88 bits per heavy atom. The number of carbonyl (C=O) groups excluding carboxylic acids is 1. The molecule has 17 heavy (non-hydrogen) atoms. The Bertz CT molecular complexity index is 261. The summed E-state index contributed by atoms with van der Waals surface area (Å²) < 4.78 is 0. The molecule has 4 heteroatoms. The fourth-order valence-electron chi connectivity index (χ4n) is 2.57. The molecule has 0 aliphatic heterocycles. The topological polar surface area (TPSA) is 49.3 Å². The molecule has 0 aromatic carbocycles. The number of rotatable bonds is 7. The Labute approximate surface area is 108 Å². The van der Waals surface area contributed by atoms with Gasteiger partial charge in [0.25, 0.3) is 0 Å². The first-order valence-corrected chi connectivity index (χ1v) is 7.90. The summed E-state index contributed by atoms with van der Waals surface area (Å²) in [5.74, 6) is 1.79. The van der Waals surface area contributed by atoms with Crippen LogP contribution in [0.3, 0.4) is 0 Å². The van der Waals surface area contributed by atoms with Crippen LogP contribution in [0, 0.1) is 17.8 Å². The average Bonchev–Trinajstić information content (AvgIpc) is 3.13. The molecule has 0 spiro atoms. The summed E-state index contributed by atoms with van der Waals surface area (Å²) >= 11 is 1.62. The number of nitrogens with one attached hydrogen (secondary N) is 1. The molecule has 2 aliphatic rings. The van der Waals surface area contributed by atoms with E-state index in [1.54, 1.807) is 11.8 Å². The van der Waals surface area contributed by atoms with Crippen molar-refractivity contribution in [2.75, 3.05) is 12.9 Å². The van der Waals surface area contributed by atoms with Crippen LogP contribution in [0.4, 0.5) is 0 Å². The van der Waals surface area contributed by atoms with Gasteiger partial charge in [-0.15, -0.1) is 0 Å². The van der Waals surface area contributed by atoms with Crippen molar-refractivity contribution < 1.29 is 9.90 Å². The number of hydrogen-bond acceptors (Lipinski definition) is 3. The van der Waals surface area contributed by atoms with E-state index in [2.05, 4.69) is 5.32 Å². The predicted molar refractivity (Wildman–Crippen MR) is 70.9 cm³/mol. The van der Waals surface area contributed by atoms with E-state index in [0.717, 1.165) is 0 Å². The molecule has 0 saturated heterocycles. The van der Waals surface area contributed by atoms with E-state index in [9.17, 15) is 9.90 Å². The second kappa shape index (κ2) is 5.61. The number of hydrogen-bond donors (Lipinski definition) is 2. The Morgan fingerprint density at radius 3 is 2.24 bits per heavy atom. The van der Waals surface area contributed by atoms with Gasteiger partial charge < -0.3 is 10.4 Å². The van der Waals surface area contributed by atoms with Gasteiger partial charge in [-0.25, -0.2) is 0 Å². The highest BCUT2D eigenvalue weighted by atomic mass is 32.2. The SMILES string of the molecule is CSC(CO)C(C)NC(=O)C(C1CC1)C1CC1. The zero-order valence-electron chi connectivity index (χ0n) is 10.7. The van der Waals surface area contributed by atoms with Crippen molar-refractivity contribution in [1.29, 1.82) is 0 Å². The Kier molecular flexibility index (Phi) is 4.36. The summed E-state index contributed by atoms with van der Waals surface area (Å²) in [6.45, 7) is 2.12. The summed E-state index contributed by atoms with van der Waals surface area (Å²) in [5.41, 5.74) is 0. The molecule has 1 amide bonds. The Morgan fingerprint density at radius 1 is 1.35 bits per heavy atom. The summed E-state index contributed by atoms with van der Waals surface area (Å²) in [6.07, 6.45) is 6.90. The molecule has 0 bridgehead atoms. The lowest BCUT2D eigenvalue weighted by Crippen LogP contribution is -2.44. The van der Waals surface area contributed by atoms with Crippen molar-refractivity contribution in [2.45, 2.75) is 43.9 Å². The standard InChI is InChI=1S/C13H23NO2S/c1-8(11(7-15)17-2)14-13(16)12(9-3-4-9)10-5-6-10/h8-12,15H,3-7H2,1-2H3,(H,14,16). The van der Waals surface area contributed by atoms with Crippen LogP contribution in [0.2, 0.25) is 0 Å². The zero-order valence-corrected chi connectivity index (χ0v) is 11.5. The van der Waals surface area contributed by atoms with Gasteiger partial charge in [0.2, 0.25) is 5.91 Å². The van der Waals surface area contributed by atoms with Crippen LogP contribution in [0.1, 0.15) is 32.6 Å². The van der Waals surface area contributed by atoms with E-state index >= 15 is 0 Å². The maximum absolute atomic E-state index is 12.3. The van der Waals surface area contributed by atoms with Crippen LogP contribution < -0.4 is 5.32 Å². The monoisotopic (exact) mass is 257 g/mol. The van der Waals surface area contributed by atoms with Gasteiger partial charge in [0, 0.05) is 17.2 Å². The molecule has 0 heterocycles. The first-order valence-electron chi connectivity index (χ1n) is 6.61. The van der Waals surface area contributed by atoms with Crippen LogP contribution in [-0.2, 0) is 4.79 Å². The zero-order chi connectivity index (χ0) is 12.4. The molecule has 0 radical (unpaired) electrons. The molecule has 2 unspecified atom stereocenters. The molecular weight excluding hydrogens is 234 g/mol. The van der Waals surface area contributed by atoms with Crippen molar-refractivity contribution >= 4 is 17.7 Å². The Hall–Kier alpha value is -0.220. The second-order valence-corrected chi connectivity index (χ2v) is 6.53. The van der Waals surface area contributed by atoms with Gasteiger partial charge in [-0.1, -0.05) is 0 Å². The first-order chi connectivity index (χ1) is 8.17. The minimum Gasteiger partial charge on any atom is -0.395 e. The second-order valence-electron chi connectivity index (χ2n) is 5.45. The van der Waals surface area contributed by atoms with E-state index in [0.29, 0.717) is 11.8 Å². The normalized spacial score (nSPS) is 23.5. The molecule has 0 aromatic heterocycles. The fourth-order valence-corrected chi connectivity index (χ4v) is 3.20. The quantitative estimate of drug-likeness (QED) is 0.729. The lowest BCUT2D eigenvalue weighted by Gasteiger charge is -2.24. The lowest BCUT2D eigenvalue weighted by molar-refractivity contribution is -0.127. The number of aliphatic hydroxyl groups excluding tert-OH is 1. The van der Waals surface area contributed by atoms with E-state index < -0.39 is 0 Å². The number of aliphatic hydroxyl groups is 1. The molecule has 2 N–H and O–H groups in total. The molecule has 3 nitrogen and oxygen atoms in total. The third-order valence-electron chi connectivity index (χ3n) is 3.97. The van der Waals surface area contributed by atoms with E-state index in [1.807, 2.05) is 13.2 Å². The minimum atomic E-state index is 0.0579. The molecular formula is C13H23NO2S. The molecule has 2 aliphatic carbocycles. The molecule has 2 saturated carbocycles. The maximum atomic E-state index is 12.3. The number of thioether (sulfide) groups is 1. The minimum absolute atomic E-state index is 0.0579. The highest BCUT2D eigenvalue weighted by Crippen LogP contribution is 2.49. The highest BCUT2D eigenvalue weighted by molar-refractivity contribution is 7.99. The smallest absolute Gasteiger partial charge is 0.223 e. The van der Waals surface area contributed by atoms with Crippen molar-refractivity contribution in [3.63, 3.8) is 0 Å². The highest BCUT2D eigenvalue weighted by Gasteiger charge is 2.45. The van der Waals surface area contributed by atoms with Gasteiger partial charge in [-0.3, -0.25) is 4.79 Å². The van der Waals surface area contributed by atoms with Gasteiger partial charge in [-0.2, -0.15) is 11.8 Å². The molecule has 2 rings (SSSR count). The summed E-state index contributed by atoms with van der Waals surface area (Å²) in [4.78, 5) is 12.3. The summed E-state index contributed by atoms with van der Waals surface area (Å²) in [7, 11) is 0. The van der Waals surface area contributed by atoms with Crippen LogP contribution in [0.5, 0.6) is 0 Å². The molecule has 2 fully saturated rings. The van der Waals surface area contributed by atoms with Crippen molar-refractivity contribution in [3.8, 4) is 0 Å². The van der Waals surface area contributed by atoms with Gasteiger partial charge in [-0.05, 0) is 50.7 Å². The van der Waals surface area contributed by atoms with E-state index in [4.69, 9.17) is 0 Å². The van der Waals surface area contributed by atoms with Crippen molar-refractivity contribution in [1.82, 2.24) is 5.32 Å². The maximum Gasteiger partial charge on any atom is 0.223 e. The van der Waals surface area contributed by atoms with Crippen molar-refractivity contribution in [3.05, 3.63) is 0 Å². The first kappa shape index (κ1) is 13.2. The van der Waals surface area contributed by atoms with Crippen LogP contribution in [0.15, 0.2) is 0 Å². The van der Waals surface area contributed by atoms with Crippen LogP contribution in [0.25, 0.3) is 0 Å². The summed E-state index contributed by atoms with van der Waals surface area (Å²) in [5, 5.41) is 12.4. The molecule has 98 valence electrons. The third-order valence-corrected chi connectivity index (χ3v) is 5.14. The number of amides is 1. The van der Waals surface area contributed by atoms with Crippen molar-refractivity contribution in [2.24, 2.45) is 17.8 Å². The predicted octanol–water partition coefficient (Wildman–Crippen LogP) is 1.65. The largest absolute Gasteiger partial charge is 0.395 e. The van der Waals surface area contributed by atoms with Gasteiger partial charge in [0.15, 0.2) is 0 Å². The lowest BCUT2D eigenvalue weighted by atomic mass is 9.96. The Balaban J connectivity index is 1.86. The van der Waals surface area contributed by atoms with E-state index in [-0.39, 0.29) is 29.7 Å². The molecule has 2 atom stereocenters. The van der Waals surface area contributed by atoms with Gasteiger partial charge in [0.1, 0.15) is 0 Å². The van der Waals surface area contributed by atoms with Gasteiger partial charge >= 0.3 is 0 Å². The molecule has 0 aromatic rings.